The number of halogens is 1. The van der Waals surface area contributed by atoms with E-state index < -0.39 is 10.0 Å². The summed E-state index contributed by atoms with van der Waals surface area (Å²) in [6, 6.07) is 5.17. The third-order valence-corrected chi connectivity index (χ3v) is 7.31. The molecule has 2 N–H and O–H groups in total. The number of nitrogens with zero attached hydrogens (tertiary/aromatic N) is 2. The van der Waals surface area contributed by atoms with Crippen LogP contribution in [0.3, 0.4) is 0 Å². The number of benzene rings is 1. The molecule has 1 aromatic carbocycles. The first-order chi connectivity index (χ1) is 11.6. The number of rotatable bonds is 2. The fraction of sp³-hybridized carbons (Fsp3) is 0.611. The predicted molar refractivity (Wildman–Crippen MR) is 105 cm³/mol. The van der Waals surface area contributed by atoms with E-state index in [0.717, 1.165) is 24.1 Å². The molecule has 6 nitrogen and oxygen atoms in total. The van der Waals surface area contributed by atoms with E-state index in [-0.39, 0.29) is 34.7 Å². The average Bonchev–Trinajstić information content (AvgIpc) is 2.55. The summed E-state index contributed by atoms with van der Waals surface area (Å²) < 4.78 is 27.8. The summed E-state index contributed by atoms with van der Waals surface area (Å²) in [5.41, 5.74) is 7.63. The minimum atomic E-state index is -3.60. The quantitative estimate of drug-likeness (QED) is 0.822. The molecule has 1 saturated heterocycles. The number of carbonyl (C=O) groups excluding carboxylic acids is 1. The van der Waals surface area contributed by atoms with Gasteiger partial charge in [-0.1, -0.05) is 19.9 Å². The number of anilines is 1. The average molecular weight is 402 g/mol. The van der Waals surface area contributed by atoms with E-state index in [1.807, 2.05) is 19.9 Å². The summed E-state index contributed by atoms with van der Waals surface area (Å²) in [6.07, 6.45) is 2.42. The van der Waals surface area contributed by atoms with Crippen LogP contribution in [0.25, 0.3) is 0 Å². The molecule has 1 unspecified atom stereocenters. The molecule has 8 heteroatoms. The summed E-state index contributed by atoms with van der Waals surface area (Å²) in [6.45, 7) is 7.00. The first-order valence-electron chi connectivity index (χ1n) is 8.80. The molecule has 26 heavy (non-hydrogen) atoms. The largest absolute Gasteiger partial charge is 0.327 e. The van der Waals surface area contributed by atoms with Crippen molar-refractivity contribution in [1.29, 1.82) is 0 Å². The second kappa shape index (κ2) is 7.46. The van der Waals surface area contributed by atoms with Gasteiger partial charge in [-0.2, -0.15) is 4.31 Å². The van der Waals surface area contributed by atoms with Gasteiger partial charge in [-0.3, -0.25) is 4.79 Å². The molecule has 0 bridgehead atoms. The van der Waals surface area contributed by atoms with E-state index in [1.165, 1.54) is 11.2 Å². The summed E-state index contributed by atoms with van der Waals surface area (Å²) >= 11 is 0. The number of hydrogen-bond donors (Lipinski definition) is 1. The standard InChI is InChI=1S/C18H27N3O3S.ClH/c1-13(22)21-9-4-5-14-6-7-15(11-16(14)21)25(23,24)20-10-8-17(19)18(2,3)12-20;/h6-7,11,17H,4-5,8-10,12,19H2,1-3H3;1H. The molecule has 1 amide bonds. The summed E-state index contributed by atoms with van der Waals surface area (Å²) in [5.74, 6) is -0.0550. The van der Waals surface area contributed by atoms with Gasteiger partial charge in [0.25, 0.3) is 0 Å². The van der Waals surface area contributed by atoms with Crippen LogP contribution in [-0.2, 0) is 21.2 Å². The lowest BCUT2D eigenvalue weighted by Crippen LogP contribution is -2.53. The number of amides is 1. The van der Waals surface area contributed by atoms with Gasteiger partial charge in [-0.15, -0.1) is 12.4 Å². The first-order valence-corrected chi connectivity index (χ1v) is 10.2. The maximum absolute atomic E-state index is 13.1. The van der Waals surface area contributed by atoms with Gasteiger partial charge in [0.1, 0.15) is 0 Å². The molecule has 1 fully saturated rings. The molecule has 1 atom stereocenters. The van der Waals surface area contributed by atoms with Crippen molar-refractivity contribution >= 4 is 34.0 Å². The van der Waals surface area contributed by atoms with Gasteiger partial charge >= 0.3 is 0 Å². The van der Waals surface area contributed by atoms with E-state index in [0.29, 0.717) is 26.1 Å². The molecule has 2 aliphatic heterocycles. The Morgan fingerprint density at radius 1 is 1.27 bits per heavy atom. The Morgan fingerprint density at radius 2 is 1.96 bits per heavy atom. The molecule has 1 aromatic rings. The highest BCUT2D eigenvalue weighted by Crippen LogP contribution is 2.34. The van der Waals surface area contributed by atoms with Crippen LogP contribution in [-0.4, -0.2) is 44.3 Å². The lowest BCUT2D eigenvalue weighted by atomic mass is 9.81. The number of sulfonamides is 1. The Labute approximate surface area is 162 Å². The Bertz CT molecular complexity index is 795. The van der Waals surface area contributed by atoms with Crippen molar-refractivity contribution in [3.05, 3.63) is 23.8 Å². The van der Waals surface area contributed by atoms with Gasteiger partial charge in [0.05, 0.1) is 4.90 Å². The summed E-state index contributed by atoms with van der Waals surface area (Å²) in [5, 5.41) is 0. The number of hydrogen-bond acceptors (Lipinski definition) is 4. The van der Waals surface area contributed by atoms with Crippen LogP contribution in [0.5, 0.6) is 0 Å². The van der Waals surface area contributed by atoms with Crippen molar-refractivity contribution < 1.29 is 13.2 Å². The van der Waals surface area contributed by atoms with Crippen molar-refractivity contribution in [2.24, 2.45) is 11.1 Å². The zero-order chi connectivity index (χ0) is 18.4. The monoisotopic (exact) mass is 401 g/mol. The smallest absolute Gasteiger partial charge is 0.243 e. The van der Waals surface area contributed by atoms with Crippen LogP contribution < -0.4 is 10.6 Å². The molecule has 146 valence electrons. The van der Waals surface area contributed by atoms with Crippen molar-refractivity contribution in [3.8, 4) is 0 Å². The summed E-state index contributed by atoms with van der Waals surface area (Å²) in [7, 11) is -3.60. The minimum absolute atomic E-state index is 0. The molecule has 2 aliphatic rings. The number of nitrogens with two attached hydrogens (primary N) is 1. The van der Waals surface area contributed by atoms with Crippen LogP contribution in [0.1, 0.15) is 39.2 Å². The van der Waals surface area contributed by atoms with Gasteiger partial charge in [0, 0.05) is 38.3 Å². The van der Waals surface area contributed by atoms with E-state index >= 15 is 0 Å². The zero-order valence-electron chi connectivity index (χ0n) is 15.6. The van der Waals surface area contributed by atoms with Crippen LogP contribution in [0.2, 0.25) is 0 Å². The van der Waals surface area contributed by atoms with Crippen molar-refractivity contribution in [1.82, 2.24) is 4.31 Å². The van der Waals surface area contributed by atoms with E-state index in [4.69, 9.17) is 5.73 Å². The lowest BCUT2D eigenvalue weighted by molar-refractivity contribution is -0.116. The molecule has 0 spiro atoms. The Morgan fingerprint density at radius 3 is 2.58 bits per heavy atom. The predicted octanol–water partition coefficient (Wildman–Crippen LogP) is 2.16. The van der Waals surface area contributed by atoms with Gasteiger partial charge in [-0.25, -0.2) is 8.42 Å². The maximum Gasteiger partial charge on any atom is 0.243 e. The number of piperidine rings is 1. The molecular formula is C18H28ClN3O3S. The fourth-order valence-electron chi connectivity index (χ4n) is 3.72. The molecule has 0 saturated carbocycles. The first kappa shape index (κ1) is 21.2. The highest BCUT2D eigenvalue weighted by molar-refractivity contribution is 7.89. The Hall–Kier alpha value is -1.15. The highest BCUT2D eigenvalue weighted by atomic mass is 35.5. The van der Waals surface area contributed by atoms with Gasteiger partial charge < -0.3 is 10.6 Å². The Kier molecular flexibility index (Phi) is 6.07. The molecule has 0 aliphatic carbocycles. The second-order valence-electron chi connectivity index (χ2n) is 7.79. The lowest BCUT2D eigenvalue weighted by Gasteiger charge is -2.41. The van der Waals surface area contributed by atoms with Crippen LogP contribution in [0.4, 0.5) is 5.69 Å². The number of carbonyl (C=O) groups is 1. The normalized spacial score (nSPS) is 23.1. The van der Waals surface area contributed by atoms with Crippen LogP contribution in [0, 0.1) is 5.41 Å². The van der Waals surface area contributed by atoms with Crippen molar-refractivity contribution in [2.75, 3.05) is 24.5 Å². The molecule has 2 heterocycles. The maximum atomic E-state index is 13.1. The third-order valence-electron chi connectivity index (χ3n) is 5.47. The van der Waals surface area contributed by atoms with Gasteiger partial charge in [0.15, 0.2) is 0 Å². The third kappa shape index (κ3) is 3.76. The van der Waals surface area contributed by atoms with E-state index in [2.05, 4.69) is 0 Å². The fourth-order valence-corrected chi connectivity index (χ4v) is 5.37. The highest BCUT2D eigenvalue weighted by Gasteiger charge is 2.39. The number of aryl methyl sites for hydroxylation is 1. The van der Waals surface area contributed by atoms with E-state index in [1.54, 1.807) is 17.0 Å². The summed E-state index contributed by atoms with van der Waals surface area (Å²) in [4.78, 5) is 13.8. The molecular weight excluding hydrogens is 374 g/mol. The zero-order valence-corrected chi connectivity index (χ0v) is 17.2. The molecule has 0 radical (unpaired) electrons. The van der Waals surface area contributed by atoms with Gasteiger partial charge in [-0.05, 0) is 42.4 Å². The molecule has 3 rings (SSSR count). The van der Waals surface area contributed by atoms with E-state index in [9.17, 15) is 13.2 Å². The van der Waals surface area contributed by atoms with Crippen molar-refractivity contribution in [2.45, 2.75) is 51.0 Å². The van der Waals surface area contributed by atoms with Crippen molar-refractivity contribution in [3.63, 3.8) is 0 Å². The van der Waals surface area contributed by atoms with Crippen LogP contribution in [0.15, 0.2) is 23.1 Å². The van der Waals surface area contributed by atoms with Gasteiger partial charge in [0.2, 0.25) is 15.9 Å². The topological polar surface area (TPSA) is 83.7 Å². The SMILES string of the molecule is CC(=O)N1CCCc2ccc(S(=O)(=O)N3CCC(N)C(C)(C)C3)cc21.Cl. The molecule has 0 aromatic heterocycles. The number of fused-ring (bicyclic) bond motifs is 1. The Balaban J connectivity index is 0.00000243. The second-order valence-corrected chi connectivity index (χ2v) is 9.73. The minimum Gasteiger partial charge on any atom is -0.327 e. The van der Waals surface area contributed by atoms with Crippen LogP contribution >= 0.6 is 12.4 Å².